The molecule has 7 nitrogen and oxygen atoms in total. The average Bonchev–Trinajstić information content (AvgIpc) is 3.61. The summed E-state index contributed by atoms with van der Waals surface area (Å²) in [6.07, 6.45) is 5.37. The van der Waals surface area contributed by atoms with Gasteiger partial charge in [-0.1, -0.05) is 18.9 Å². The van der Waals surface area contributed by atoms with Crippen molar-refractivity contribution in [3.05, 3.63) is 23.8 Å². The lowest BCUT2D eigenvalue weighted by Crippen LogP contribution is -2.42. The van der Waals surface area contributed by atoms with Gasteiger partial charge in [0, 0.05) is 26.2 Å². The molecule has 1 aliphatic heterocycles. The number of benzene rings is 1. The molecule has 0 amide bonds. The third-order valence-corrected chi connectivity index (χ3v) is 5.82. The monoisotopic (exact) mass is 418 g/mol. The van der Waals surface area contributed by atoms with E-state index in [0.717, 1.165) is 62.8 Å². The summed E-state index contributed by atoms with van der Waals surface area (Å²) in [7, 11) is 3.34. The molecule has 3 rings (SSSR count). The molecule has 7 heteroatoms. The molecule has 1 saturated carbocycles. The Kier molecular flexibility index (Phi) is 9.08. The van der Waals surface area contributed by atoms with E-state index in [9.17, 15) is 0 Å². The predicted molar refractivity (Wildman–Crippen MR) is 121 cm³/mol. The first-order valence-corrected chi connectivity index (χ1v) is 11.3. The van der Waals surface area contributed by atoms with Crippen LogP contribution in [0.3, 0.4) is 0 Å². The molecule has 1 atom stereocenters. The lowest BCUT2D eigenvalue weighted by atomic mass is 10.0. The molecular formula is C23H38N4O3. The highest BCUT2D eigenvalue weighted by molar-refractivity contribution is 5.79. The largest absolute Gasteiger partial charge is 0.493 e. The molecule has 0 bridgehead atoms. The number of nitrogens with one attached hydrogen (secondary N) is 2. The zero-order chi connectivity index (χ0) is 21.2. The maximum Gasteiger partial charge on any atom is 0.191 e. The minimum absolute atomic E-state index is 0.163. The van der Waals surface area contributed by atoms with Gasteiger partial charge in [-0.3, -0.25) is 9.89 Å². The number of ether oxygens (including phenoxy) is 3. The summed E-state index contributed by atoms with van der Waals surface area (Å²) < 4.78 is 16.5. The van der Waals surface area contributed by atoms with Crippen molar-refractivity contribution in [1.82, 2.24) is 15.5 Å². The van der Waals surface area contributed by atoms with Crippen molar-refractivity contribution in [2.75, 3.05) is 60.2 Å². The molecule has 1 saturated heterocycles. The molecule has 2 N–H and O–H groups in total. The van der Waals surface area contributed by atoms with Crippen LogP contribution in [0.25, 0.3) is 0 Å². The van der Waals surface area contributed by atoms with E-state index < -0.39 is 0 Å². The maximum absolute atomic E-state index is 5.57. The lowest BCUT2D eigenvalue weighted by Gasteiger charge is -2.34. The van der Waals surface area contributed by atoms with Crippen molar-refractivity contribution in [1.29, 1.82) is 0 Å². The van der Waals surface area contributed by atoms with Crippen molar-refractivity contribution >= 4 is 5.96 Å². The second kappa shape index (κ2) is 12.0. The highest BCUT2D eigenvalue weighted by Crippen LogP contribution is 2.33. The van der Waals surface area contributed by atoms with Gasteiger partial charge in [-0.2, -0.15) is 0 Å². The molecule has 1 unspecified atom stereocenters. The number of morpholine rings is 1. The fourth-order valence-electron chi connectivity index (χ4n) is 3.90. The SMILES string of the molecule is CCNC(=NCC(c1ccc(OC)c(OC)c1)N1CCOCC1)NCCCC1CC1. The first kappa shape index (κ1) is 22.7. The van der Waals surface area contributed by atoms with Gasteiger partial charge in [0.15, 0.2) is 17.5 Å². The summed E-state index contributed by atoms with van der Waals surface area (Å²) in [4.78, 5) is 7.38. The summed E-state index contributed by atoms with van der Waals surface area (Å²) in [5, 5.41) is 6.89. The topological polar surface area (TPSA) is 67.4 Å². The van der Waals surface area contributed by atoms with Gasteiger partial charge in [0.1, 0.15) is 0 Å². The standard InChI is InChI=1S/C23H38N4O3/c1-4-24-23(25-11-5-6-18-7-8-18)26-17-20(27-12-14-30-15-13-27)19-9-10-21(28-2)22(16-19)29-3/h9-10,16,18,20H,4-8,11-15,17H2,1-3H3,(H2,24,25,26). The smallest absolute Gasteiger partial charge is 0.191 e. The highest BCUT2D eigenvalue weighted by Gasteiger charge is 2.24. The molecule has 2 fully saturated rings. The summed E-state index contributed by atoms with van der Waals surface area (Å²) >= 11 is 0. The van der Waals surface area contributed by atoms with Crippen molar-refractivity contribution < 1.29 is 14.2 Å². The fraction of sp³-hybridized carbons (Fsp3) is 0.696. The van der Waals surface area contributed by atoms with Crippen LogP contribution in [-0.4, -0.2) is 71.0 Å². The highest BCUT2D eigenvalue weighted by atomic mass is 16.5. The minimum atomic E-state index is 0.163. The number of hydrogen-bond donors (Lipinski definition) is 2. The Hall–Kier alpha value is -1.99. The van der Waals surface area contributed by atoms with Crippen LogP contribution in [0.15, 0.2) is 23.2 Å². The molecule has 0 radical (unpaired) electrons. The van der Waals surface area contributed by atoms with E-state index >= 15 is 0 Å². The molecule has 1 aromatic rings. The normalized spacial score (nSPS) is 18.7. The maximum atomic E-state index is 5.57. The molecule has 1 aliphatic carbocycles. The zero-order valence-corrected chi connectivity index (χ0v) is 18.8. The van der Waals surface area contributed by atoms with Crippen LogP contribution in [0.2, 0.25) is 0 Å². The Labute approximate surface area is 181 Å². The number of nitrogens with zero attached hydrogens (tertiary/aromatic N) is 2. The molecule has 30 heavy (non-hydrogen) atoms. The van der Waals surface area contributed by atoms with Gasteiger partial charge < -0.3 is 24.8 Å². The molecule has 168 valence electrons. The van der Waals surface area contributed by atoms with E-state index in [0.29, 0.717) is 6.54 Å². The van der Waals surface area contributed by atoms with Gasteiger partial charge in [-0.25, -0.2) is 0 Å². The third kappa shape index (κ3) is 6.77. The van der Waals surface area contributed by atoms with Crippen LogP contribution in [0.5, 0.6) is 11.5 Å². The molecule has 0 spiro atoms. The van der Waals surface area contributed by atoms with E-state index in [1.165, 1.54) is 31.2 Å². The summed E-state index contributed by atoms with van der Waals surface area (Å²) in [5.41, 5.74) is 1.18. The van der Waals surface area contributed by atoms with E-state index in [-0.39, 0.29) is 6.04 Å². The Morgan fingerprint density at radius 2 is 1.93 bits per heavy atom. The Balaban J connectivity index is 1.70. The van der Waals surface area contributed by atoms with Crippen LogP contribution >= 0.6 is 0 Å². The van der Waals surface area contributed by atoms with Crippen LogP contribution in [0.1, 0.15) is 44.2 Å². The quantitative estimate of drug-likeness (QED) is 0.327. The first-order chi connectivity index (χ1) is 14.7. The van der Waals surface area contributed by atoms with E-state index in [1.54, 1.807) is 14.2 Å². The van der Waals surface area contributed by atoms with Crippen molar-refractivity contribution in [2.24, 2.45) is 10.9 Å². The van der Waals surface area contributed by atoms with Gasteiger partial charge in [0.2, 0.25) is 0 Å². The van der Waals surface area contributed by atoms with Crippen LogP contribution in [0, 0.1) is 5.92 Å². The van der Waals surface area contributed by atoms with Crippen molar-refractivity contribution in [3.63, 3.8) is 0 Å². The lowest BCUT2D eigenvalue weighted by molar-refractivity contribution is 0.0179. The number of methoxy groups -OCH3 is 2. The number of rotatable bonds is 11. The van der Waals surface area contributed by atoms with Gasteiger partial charge in [-0.15, -0.1) is 0 Å². The van der Waals surface area contributed by atoms with E-state index in [4.69, 9.17) is 19.2 Å². The third-order valence-electron chi connectivity index (χ3n) is 5.82. The van der Waals surface area contributed by atoms with Crippen LogP contribution < -0.4 is 20.1 Å². The average molecular weight is 419 g/mol. The number of guanidine groups is 1. The van der Waals surface area contributed by atoms with E-state index in [2.05, 4.69) is 34.6 Å². The Morgan fingerprint density at radius 3 is 2.60 bits per heavy atom. The number of aliphatic imine (C=N–C) groups is 1. The molecular weight excluding hydrogens is 380 g/mol. The molecule has 2 aliphatic rings. The van der Waals surface area contributed by atoms with Crippen LogP contribution in [-0.2, 0) is 4.74 Å². The Bertz CT molecular complexity index is 672. The van der Waals surface area contributed by atoms with Gasteiger partial charge in [0.05, 0.1) is 40.0 Å². The minimum Gasteiger partial charge on any atom is -0.493 e. The second-order valence-electron chi connectivity index (χ2n) is 8.01. The summed E-state index contributed by atoms with van der Waals surface area (Å²) in [6.45, 7) is 7.93. The first-order valence-electron chi connectivity index (χ1n) is 11.3. The summed E-state index contributed by atoms with van der Waals surface area (Å²) in [6, 6.07) is 6.33. The molecule has 0 aromatic heterocycles. The van der Waals surface area contributed by atoms with Gasteiger partial charge in [0.25, 0.3) is 0 Å². The van der Waals surface area contributed by atoms with Gasteiger partial charge >= 0.3 is 0 Å². The number of hydrogen-bond acceptors (Lipinski definition) is 5. The Morgan fingerprint density at radius 1 is 1.17 bits per heavy atom. The second-order valence-corrected chi connectivity index (χ2v) is 8.01. The van der Waals surface area contributed by atoms with Crippen molar-refractivity contribution in [2.45, 2.75) is 38.6 Å². The summed E-state index contributed by atoms with van der Waals surface area (Å²) in [5.74, 6) is 3.37. The molecule has 1 heterocycles. The van der Waals surface area contributed by atoms with Gasteiger partial charge in [-0.05, 0) is 43.4 Å². The van der Waals surface area contributed by atoms with Crippen molar-refractivity contribution in [3.8, 4) is 11.5 Å². The van der Waals surface area contributed by atoms with Crippen LogP contribution in [0.4, 0.5) is 0 Å². The predicted octanol–water partition coefficient (Wildman–Crippen LogP) is 2.82. The zero-order valence-electron chi connectivity index (χ0n) is 18.8. The molecule has 1 aromatic carbocycles. The van der Waals surface area contributed by atoms with E-state index in [1.807, 2.05) is 6.07 Å². The fourth-order valence-corrected chi connectivity index (χ4v) is 3.90.